The Labute approximate surface area is 141 Å². The molecule has 1 fully saturated rings. The molecule has 0 unspecified atom stereocenters. The third-order valence-electron chi connectivity index (χ3n) is 4.83. The number of nitriles is 1. The van der Waals surface area contributed by atoms with Crippen LogP contribution >= 0.6 is 0 Å². The second-order valence-electron chi connectivity index (χ2n) is 6.44. The molecule has 1 aromatic carbocycles. The van der Waals surface area contributed by atoms with Gasteiger partial charge in [0, 0.05) is 31.3 Å². The van der Waals surface area contributed by atoms with Crippen molar-refractivity contribution in [3.05, 3.63) is 59.5 Å². The van der Waals surface area contributed by atoms with E-state index in [1.807, 2.05) is 6.07 Å². The summed E-state index contributed by atoms with van der Waals surface area (Å²) in [5, 5.41) is 19.2. The quantitative estimate of drug-likeness (QED) is 0.939. The summed E-state index contributed by atoms with van der Waals surface area (Å²) in [6.07, 6.45) is 3.90. The Balaban J connectivity index is 1.73. The van der Waals surface area contributed by atoms with Gasteiger partial charge in [-0.15, -0.1) is 0 Å². The molecule has 1 saturated heterocycles. The number of anilines is 1. The number of rotatable bonds is 4. The fourth-order valence-electron chi connectivity index (χ4n) is 3.40. The zero-order valence-electron chi connectivity index (χ0n) is 13.5. The van der Waals surface area contributed by atoms with Gasteiger partial charge >= 0.3 is 0 Å². The Kier molecular flexibility index (Phi) is 4.77. The highest BCUT2D eigenvalue weighted by Gasteiger charge is 2.35. The first-order valence-corrected chi connectivity index (χ1v) is 8.11. The average Bonchev–Trinajstić information content (AvgIpc) is 2.62. The van der Waals surface area contributed by atoms with Crippen molar-refractivity contribution in [3.63, 3.8) is 0 Å². The van der Waals surface area contributed by atoms with Crippen LogP contribution in [0.1, 0.15) is 24.0 Å². The number of benzene rings is 1. The minimum Gasteiger partial charge on any atom is -0.396 e. The summed E-state index contributed by atoms with van der Waals surface area (Å²) in [6.45, 7) is 1.52. The van der Waals surface area contributed by atoms with Crippen LogP contribution in [-0.4, -0.2) is 29.8 Å². The Bertz CT molecular complexity index is 748. The van der Waals surface area contributed by atoms with Crippen LogP contribution in [0.3, 0.4) is 0 Å². The molecule has 1 aromatic heterocycles. The van der Waals surface area contributed by atoms with E-state index >= 15 is 0 Å². The molecule has 1 N–H and O–H groups in total. The van der Waals surface area contributed by atoms with Gasteiger partial charge in [-0.2, -0.15) is 5.26 Å². The number of aliphatic hydroxyl groups is 1. The van der Waals surface area contributed by atoms with Gasteiger partial charge in [0.2, 0.25) is 0 Å². The molecule has 2 aromatic rings. The molecule has 24 heavy (non-hydrogen) atoms. The lowest BCUT2D eigenvalue weighted by molar-refractivity contribution is 0.0960. The maximum atomic E-state index is 13.4. The van der Waals surface area contributed by atoms with Gasteiger partial charge in [-0.3, -0.25) is 0 Å². The topological polar surface area (TPSA) is 60.2 Å². The highest BCUT2D eigenvalue weighted by atomic mass is 19.1. The third-order valence-corrected chi connectivity index (χ3v) is 4.83. The minimum atomic E-state index is -0.245. The molecule has 4 nitrogen and oxygen atoms in total. The van der Waals surface area contributed by atoms with Gasteiger partial charge in [-0.25, -0.2) is 9.37 Å². The SMILES string of the molecule is N#Cc1cccnc1N1CCC(CO)(Cc2cccc(F)c2)CC1. The Morgan fingerprint density at radius 1 is 1.25 bits per heavy atom. The van der Waals surface area contributed by atoms with Crippen molar-refractivity contribution >= 4 is 5.82 Å². The highest BCUT2D eigenvalue weighted by Crippen LogP contribution is 2.36. The molecular weight excluding hydrogens is 305 g/mol. The number of piperidine rings is 1. The fourth-order valence-corrected chi connectivity index (χ4v) is 3.40. The molecule has 0 saturated carbocycles. The van der Waals surface area contributed by atoms with Crippen LogP contribution in [0.25, 0.3) is 0 Å². The van der Waals surface area contributed by atoms with Crippen LogP contribution in [0.5, 0.6) is 0 Å². The van der Waals surface area contributed by atoms with E-state index in [0.717, 1.165) is 31.5 Å². The number of pyridine rings is 1. The zero-order valence-corrected chi connectivity index (χ0v) is 13.5. The van der Waals surface area contributed by atoms with Gasteiger partial charge in [0.25, 0.3) is 0 Å². The van der Waals surface area contributed by atoms with Crippen molar-refractivity contribution in [1.29, 1.82) is 5.26 Å². The van der Waals surface area contributed by atoms with Gasteiger partial charge < -0.3 is 10.0 Å². The van der Waals surface area contributed by atoms with Gasteiger partial charge in [-0.05, 0) is 49.1 Å². The van der Waals surface area contributed by atoms with E-state index in [4.69, 9.17) is 0 Å². The van der Waals surface area contributed by atoms with E-state index in [1.54, 1.807) is 24.4 Å². The lowest BCUT2D eigenvalue weighted by Crippen LogP contribution is -2.43. The molecule has 0 radical (unpaired) electrons. The van der Waals surface area contributed by atoms with E-state index in [0.29, 0.717) is 17.8 Å². The van der Waals surface area contributed by atoms with E-state index in [-0.39, 0.29) is 17.8 Å². The van der Waals surface area contributed by atoms with Crippen LogP contribution in [-0.2, 0) is 6.42 Å². The summed E-state index contributed by atoms with van der Waals surface area (Å²) >= 11 is 0. The smallest absolute Gasteiger partial charge is 0.146 e. The van der Waals surface area contributed by atoms with E-state index in [2.05, 4.69) is 16.0 Å². The first-order chi connectivity index (χ1) is 11.7. The standard InChI is InChI=1S/C19H20FN3O/c20-17-5-1-3-15(11-17)12-19(14-24)6-9-23(10-7-19)18-16(13-21)4-2-8-22-18/h1-5,8,11,24H,6-7,9-10,12,14H2. The maximum absolute atomic E-state index is 13.4. The Hall–Kier alpha value is -2.45. The molecule has 0 bridgehead atoms. The van der Waals surface area contributed by atoms with Crippen LogP contribution < -0.4 is 4.90 Å². The van der Waals surface area contributed by atoms with Crippen LogP contribution in [0.2, 0.25) is 0 Å². The van der Waals surface area contributed by atoms with Crippen LogP contribution in [0, 0.1) is 22.6 Å². The van der Waals surface area contributed by atoms with Gasteiger partial charge in [0.15, 0.2) is 0 Å². The zero-order chi connectivity index (χ0) is 17.0. The molecular formula is C19H20FN3O. The summed E-state index contributed by atoms with van der Waals surface area (Å²) in [4.78, 5) is 6.43. The molecule has 0 spiro atoms. The predicted octanol–water partition coefficient (Wildman–Crippen LogP) is 2.91. The number of aromatic nitrogens is 1. The van der Waals surface area contributed by atoms with Crippen molar-refractivity contribution in [2.75, 3.05) is 24.6 Å². The first kappa shape index (κ1) is 16.4. The number of halogens is 1. The van der Waals surface area contributed by atoms with Gasteiger partial charge in [0.1, 0.15) is 17.7 Å². The number of hydrogen-bond acceptors (Lipinski definition) is 4. The van der Waals surface area contributed by atoms with Crippen molar-refractivity contribution in [1.82, 2.24) is 4.98 Å². The first-order valence-electron chi connectivity index (χ1n) is 8.11. The Morgan fingerprint density at radius 2 is 2.04 bits per heavy atom. The largest absolute Gasteiger partial charge is 0.396 e. The summed E-state index contributed by atoms with van der Waals surface area (Å²) in [6, 6.07) is 12.3. The van der Waals surface area contributed by atoms with Crippen molar-refractivity contribution < 1.29 is 9.50 Å². The predicted molar refractivity (Wildman–Crippen MR) is 90.0 cm³/mol. The molecule has 0 amide bonds. The van der Waals surface area contributed by atoms with Crippen LogP contribution in [0.4, 0.5) is 10.2 Å². The Morgan fingerprint density at radius 3 is 2.71 bits per heavy atom. The second kappa shape index (κ2) is 6.98. The lowest BCUT2D eigenvalue weighted by atomic mass is 9.74. The van der Waals surface area contributed by atoms with Gasteiger partial charge in [-0.1, -0.05) is 12.1 Å². The van der Waals surface area contributed by atoms with Crippen molar-refractivity contribution in [2.24, 2.45) is 5.41 Å². The van der Waals surface area contributed by atoms with Gasteiger partial charge in [0.05, 0.1) is 5.56 Å². The molecule has 124 valence electrons. The summed E-state index contributed by atoms with van der Waals surface area (Å²) in [7, 11) is 0. The summed E-state index contributed by atoms with van der Waals surface area (Å²) in [5.41, 5.74) is 1.23. The minimum absolute atomic E-state index is 0.0741. The molecule has 5 heteroatoms. The van der Waals surface area contributed by atoms with E-state index in [1.165, 1.54) is 12.1 Å². The highest BCUT2D eigenvalue weighted by molar-refractivity contribution is 5.53. The summed E-state index contributed by atoms with van der Waals surface area (Å²) < 4.78 is 13.4. The molecule has 0 aliphatic carbocycles. The summed E-state index contributed by atoms with van der Waals surface area (Å²) in [5.74, 6) is 0.461. The normalized spacial score (nSPS) is 16.6. The monoisotopic (exact) mass is 325 g/mol. The number of aliphatic hydroxyl groups excluding tert-OH is 1. The molecule has 0 atom stereocenters. The lowest BCUT2D eigenvalue weighted by Gasteiger charge is -2.41. The molecule has 2 heterocycles. The molecule has 3 rings (SSSR count). The van der Waals surface area contributed by atoms with Crippen molar-refractivity contribution in [3.8, 4) is 6.07 Å². The number of hydrogen-bond donors (Lipinski definition) is 1. The second-order valence-corrected chi connectivity index (χ2v) is 6.44. The average molecular weight is 325 g/mol. The van der Waals surface area contributed by atoms with E-state index in [9.17, 15) is 14.8 Å². The maximum Gasteiger partial charge on any atom is 0.146 e. The van der Waals surface area contributed by atoms with Crippen LogP contribution in [0.15, 0.2) is 42.6 Å². The number of nitrogens with zero attached hydrogens (tertiary/aromatic N) is 3. The van der Waals surface area contributed by atoms with Crippen molar-refractivity contribution in [2.45, 2.75) is 19.3 Å². The molecule has 1 aliphatic rings. The third kappa shape index (κ3) is 3.39. The fraction of sp³-hybridized carbons (Fsp3) is 0.368. The molecule has 1 aliphatic heterocycles. The van der Waals surface area contributed by atoms with E-state index < -0.39 is 0 Å².